The van der Waals surface area contributed by atoms with Crippen LogP contribution in [0.25, 0.3) is 0 Å². The van der Waals surface area contributed by atoms with Crippen molar-refractivity contribution in [2.75, 3.05) is 0 Å². The van der Waals surface area contributed by atoms with Gasteiger partial charge in [0.05, 0.1) is 0 Å². The Morgan fingerprint density at radius 1 is 0.765 bits per heavy atom. The number of fused-ring (bicyclic) bond motifs is 7. The fourth-order valence-electron chi connectivity index (χ4n) is 11.9. The highest BCUT2D eigenvalue weighted by Crippen LogP contribution is 2.77. The molecule has 192 valence electrons. The maximum absolute atomic E-state index is 11.9. The molecule has 0 spiro atoms. The fraction of sp³-hybridized carbons (Fsp3) is 0.906. The summed E-state index contributed by atoms with van der Waals surface area (Å²) in [6.45, 7) is 23.9. The lowest BCUT2D eigenvalue weighted by Crippen LogP contribution is -2.66. The predicted octanol–water partition coefficient (Wildman–Crippen LogP) is 8.60. The van der Waals surface area contributed by atoms with Gasteiger partial charge in [-0.2, -0.15) is 0 Å². The molecule has 0 amide bonds. The van der Waals surface area contributed by atoms with Gasteiger partial charge in [-0.1, -0.05) is 53.7 Å². The Labute approximate surface area is 210 Å². The summed E-state index contributed by atoms with van der Waals surface area (Å²) in [5.41, 5.74) is 3.23. The summed E-state index contributed by atoms with van der Waals surface area (Å²) in [6, 6.07) is 0. The van der Waals surface area contributed by atoms with E-state index in [-0.39, 0.29) is 17.5 Å². The summed E-state index contributed by atoms with van der Waals surface area (Å²) in [6.07, 6.45) is 13.4. The van der Waals surface area contributed by atoms with E-state index in [0.717, 1.165) is 30.1 Å². The Kier molecular flexibility index (Phi) is 5.57. The maximum atomic E-state index is 11.9. The molecule has 1 unspecified atom stereocenters. The van der Waals surface area contributed by atoms with Crippen molar-refractivity contribution in [3.8, 4) is 0 Å². The van der Waals surface area contributed by atoms with Crippen molar-refractivity contribution in [2.45, 2.75) is 126 Å². The Bertz CT molecular complexity index is 872. The van der Waals surface area contributed by atoms with Crippen LogP contribution in [0.3, 0.4) is 0 Å². The second-order valence-electron chi connectivity index (χ2n) is 15.3. The zero-order valence-electron chi connectivity index (χ0n) is 23.6. The van der Waals surface area contributed by atoms with E-state index in [2.05, 4.69) is 55.0 Å². The molecule has 10 atom stereocenters. The zero-order chi connectivity index (χ0) is 24.9. The van der Waals surface area contributed by atoms with Crippen molar-refractivity contribution in [3.63, 3.8) is 0 Å². The third-order valence-electron chi connectivity index (χ3n) is 13.7. The molecule has 0 heterocycles. The summed E-state index contributed by atoms with van der Waals surface area (Å²) >= 11 is 0. The summed E-state index contributed by atoms with van der Waals surface area (Å²) in [5, 5.41) is 0. The number of carbonyl (C=O) groups is 1. The number of carbonyl (C=O) groups excluding carboxylic acids is 1. The van der Waals surface area contributed by atoms with Crippen LogP contribution in [0.2, 0.25) is 0 Å². The molecular weight excluding hydrogens is 416 g/mol. The van der Waals surface area contributed by atoms with Gasteiger partial charge in [0.1, 0.15) is 6.10 Å². The highest BCUT2D eigenvalue weighted by atomic mass is 16.5. The van der Waals surface area contributed by atoms with Gasteiger partial charge in [0.25, 0.3) is 0 Å². The third kappa shape index (κ3) is 3.08. The van der Waals surface area contributed by atoms with Crippen molar-refractivity contribution in [1.29, 1.82) is 0 Å². The first-order valence-electron chi connectivity index (χ1n) is 14.5. The Hall–Kier alpha value is -0.790. The van der Waals surface area contributed by atoms with E-state index in [0.29, 0.717) is 27.6 Å². The molecule has 5 saturated carbocycles. The number of rotatable bonds is 2. The van der Waals surface area contributed by atoms with Gasteiger partial charge in [-0.25, -0.2) is 0 Å². The molecule has 0 saturated heterocycles. The van der Waals surface area contributed by atoms with E-state index >= 15 is 0 Å². The van der Waals surface area contributed by atoms with Crippen molar-refractivity contribution < 1.29 is 9.53 Å². The van der Waals surface area contributed by atoms with Crippen LogP contribution in [0.4, 0.5) is 0 Å². The van der Waals surface area contributed by atoms with E-state index in [9.17, 15) is 4.79 Å². The molecule has 0 radical (unpaired) electrons. The van der Waals surface area contributed by atoms with Crippen molar-refractivity contribution >= 4 is 5.97 Å². The topological polar surface area (TPSA) is 26.3 Å². The van der Waals surface area contributed by atoms with Crippen LogP contribution >= 0.6 is 0 Å². The highest BCUT2D eigenvalue weighted by molar-refractivity contribution is 5.66. The lowest BCUT2D eigenvalue weighted by atomic mass is 9.32. The van der Waals surface area contributed by atoms with E-state index in [1.165, 1.54) is 63.4 Å². The molecule has 5 fully saturated rings. The molecule has 5 rings (SSSR count). The molecule has 5 aliphatic rings. The minimum absolute atomic E-state index is 0.0550. The predicted molar refractivity (Wildman–Crippen MR) is 140 cm³/mol. The van der Waals surface area contributed by atoms with Crippen LogP contribution < -0.4 is 0 Å². The van der Waals surface area contributed by atoms with Crippen LogP contribution in [0.15, 0.2) is 12.2 Å². The van der Waals surface area contributed by atoms with Gasteiger partial charge in [0.2, 0.25) is 0 Å². The normalized spacial score (nSPS) is 53.6. The zero-order valence-corrected chi connectivity index (χ0v) is 23.6. The number of hydrogen-bond acceptors (Lipinski definition) is 2. The van der Waals surface area contributed by atoms with Gasteiger partial charge < -0.3 is 4.74 Å². The number of esters is 1. The molecule has 0 aromatic heterocycles. The first-order chi connectivity index (χ1) is 15.7. The molecule has 2 nitrogen and oxygen atoms in total. The van der Waals surface area contributed by atoms with Crippen LogP contribution in [0.5, 0.6) is 0 Å². The first kappa shape index (κ1) is 24.9. The molecule has 0 aromatic rings. The largest absolute Gasteiger partial charge is 0.462 e. The van der Waals surface area contributed by atoms with Gasteiger partial charge in [0, 0.05) is 12.3 Å². The van der Waals surface area contributed by atoms with Gasteiger partial charge in [-0.3, -0.25) is 4.79 Å². The number of hydrogen-bond donors (Lipinski definition) is 0. The molecule has 2 heteroatoms. The Balaban J connectivity index is 1.50. The molecule has 0 N–H and O–H groups in total. The van der Waals surface area contributed by atoms with E-state index in [1.807, 2.05) is 0 Å². The summed E-state index contributed by atoms with van der Waals surface area (Å²) in [4.78, 5) is 11.9. The Morgan fingerprint density at radius 2 is 1.47 bits per heavy atom. The standard InChI is InChI=1S/C32H52O2/c1-20(2)22-12-15-29(6)18-19-31(8)23(27(22)29)10-11-25-30(7)16-14-26(34-21(3)33)28(4,5)24(30)13-17-32(25,31)9/h22-27H,1,10-19H2,2-9H3/t22-,23+,24-,25+,26-,27+,29+,30-,31+,32?/m0/s1. The number of ether oxygens (including phenoxy) is 1. The molecule has 0 bridgehead atoms. The van der Waals surface area contributed by atoms with E-state index in [4.69, 9.17) is 4.74 Å². The average molecular weight is 469 g/mol. The fourth-order valence-corrected chi connectivity index (χ4v) is 11.9. The molecular formula is C32H52O2. The van der Waals surface area contributed by atoms with Crippen molar-refractivity contribution in [1.82, 2.24) is 0 Å². The third-order valence-corrected chi connectivity index (χ3v) is 13.7. The quantitative estimate of drug-likeness (QED) is 0.299. The van der Waals surface area contributed by atoms with Crippen LogP contribution in [0, 0.1) is 56.7 Å². The minimum atomic E-state index is -0.107. The van der Waals surface area contributed by atoms with E-state index < -0.39 is 0 Å². The average Bonchev–Trinajstić information content (AvgIpc) is 3.08. The van der Waals surface area contributed by atoms with Gasteiger partial charge in [0.15, 0.2) is 0 Å². The second-order valence-corrected chi connectivity index (χ2v) is 15.3. The summed E-state index contributed by atoms with van der Waals surface area (Å²) in [7, 11) is 0. The van der Waals surface area contributed by atoms with Gasteiger partial charge >= 0.3 is 5.97 Å². The Morgan fingerprint density at radius 3 is 2.12 bits per heavy atom. The minimum Gasteiger partial charge on any atom is -0.462 e. The molecule has 5 aliphatic carbocycles. The van der Waals surface area contributed by atoms with Crippen LogP contribution in [0.1, 0.15) is 120 Å². The molecule has 0 aromatic carbocycles. The first-order valence-corrected chi connectivity index (χ1v) is 14.5. The lowest BCUT2D eigenvalue weighted by Gasteiger charge is -2.73. The lowest BCUT2D eigenvalue weighted by molar-refractivity contribution is -0.248. The monoisotopic (exact) mass is 468 g/mol. The van der Waals surface area contributed by atoms with E-state index in [1.54, 1.807) is 6.92 Å². The SMILES string of the molecule is C=C(C)[C@@H]1CC[C@]2(C)CC[C@]3(C)[C@H](CC[C@H]4C3(C)CC[C@H]3C(C)(C)[C@@H](OC(C)=O)CC[C@@]34C)[C@@H]12. The second kappa shape index (κ2) is 7.61. The summed E-state index contributed by atoms with van der Waals surface area (Å²) < 4.78 is 5.91. The number of allylic oxidation sites excluding steroid dienone is 1. The summed E-state index contributed by atoms with van der Waals surface area (Å²) in [5.74, 6) is 3.74. The smallest absolute Gasteiger partial charge is 0.302 e. The van der Waals surface area contributed by atoms with Gasteiger partial charge in [-0.05, 0) is 122 Å². The maximum Gasteiger partial charge on any atom is 0.302 e. The van der Waals surface area contributed by atoms with Crippen LogP contribution in [-0.4, -0.2) is 12.1 Å². The molecule has 0 aliphatic heterocycles. The highest BCUT2D eigenvalue weighted by Gasteiger charge is 2.70. The van der Waals surface area contributed by atoms with Gasteiger partial charge in [-0.15, -0.1) is 0 Å². The van der Waals surface area contributed by atoms with Crippen molar-refractivity contribution in [2.24, 2.45) is 56.7 Å². The molecule has 34 heavy (non-hydrogen) atoms. The van der Waals surface area contributed by atoms with Crippen molar-refractivity contribution in [3.05, 3.63) is 12.2 Å². The van der Waals surface area contributed by atoms with Crippen LogP contribution in [-0.2, 0) is 9.53 Å².